The van der Waals surface area contributed by atoms with Gasteiger partial charge in [-0.3, -0.25) is 9.78 Å². The summed E-state index contributed by atoms with van der Waals surface area (Å²) < 4.78 is 68.3. The van der Waals surface area contributed by atoms with Gasteiger partial charge in [-0.2, -0.15) is 22.7 Å². The number of benzene rings is 1. The van der Waals surface area contributed by atoms with E-state index in [1.54, 1.807) is 32.0 Å². The minimum Gasteiger partial charge on any atom is -0.325 e. The number of nitrogens with zero attached hydrogens (tertiary/aromatic N) is 4. The number of fused-ring (bicyclic) bond motifs is 3. The number of hydrogen-bond donors (Lipinski definition) is 0. The van der Waals surface area contributed by atoms with Crippen LogP contribution in [-0.4, -0.2) is 48.1 Å². The number of piperazine rings is 1. The summed E-state index contributed by atoms with van der Waals surface area (Å²) in [4.78, 5) is 17.8. The molecule has 1 atom stereocenters. The maximum Gasteiger partial charge on any atom is 0.417 e. The number of hydrogen-bond acceptors (Lipinski definition) is 5. The molecule has 1 aromatic carbocycles. The Morgan fingerprint density at radius 3 is 2.55 bits per heavy atom. The molecule has 0 saturated carbocycles. The molecule has 0 spiro atoms. The van der Waals surface area contributed by atoms with Crippen molar-refractivity contribution in [2.45, 2.75) is 30.5 Å². The summed E-state index contributed by atoms with van der Waals surface area (Å²) in [6, 6.07) is 7.28. The van der Waals surface area contributed by atoms with Gasteiger partial charge in [-0.1, -0.05) is 0 Å². The molecule has 1 unspecified atom stereocenters. The van der Waals surface area contributed by atoms with Crippen LogP contribution in [0, 0.1) is 18.3 Å². The van der Waals surface area contributed by atoms with Crippen LogP contribution in [0.3, 0.4) is 0 Å². The number of alkyl halides is 3. The third kappa shape index (κ3) is 3.18. The molecule has 1 aromatic heterocycles. The van der Waals surface area contributed by atoms with E-state index >= 15 is 0 Å². The Balaban J connectivity index is 1.79. The van der Waals surface area contributed by atoms with Crippen molar-refractivity contribution in [2.24, 2.45) is 0 Å². The summed E-state index contributed by atoms with van der Waals surface area (Å²) in [5.41, 5.74) is -1.38. The van der Waals surface area contributed by atoms with Crippen molar-refractivity contribution in [1.29, 1.82) is 5.26 Å². The zero-order valence-electron chi connectivity index (χ0n) is 16.6. The summed E-state index contributed by atoms with van der Waals surface area (Å²) in [6.45, 7) is 3.02. The standard InChI is InChI=1S/C20H17F3N4O3S/c1-12-3-5-14-17(25-12)19(2)11-26(7-8-27(19)18(14)28)31(29,30)16-6-4-13(10-24)9-15(16)20(21,22)23/h3-6,9H,7-8,11H2,1-2H3. The van der Waals surface area contributed by atoms with Crippen LogP contribution in [-0.2, 0) is 21.7 Å². The van der Waals surface area contributed by atoms with Crippen LogP contribution in [0.5, 0.6) is 0 Å². The molecule has 1 fully saturated rings. The van der Waals surface area contributed by atoms with Crippen molar-refractivity contribution in [3.8, 4) is 6.07 Å². The van der Waals surface area contributed by atoms with Gasteiger partial charge in [-0.25, -0.2) is 8.42 Å². The molecule has 3 heterocycles. The van der Waals surface area contributed by atoms with Crippen LogP contribution >= 0.6 is 0 Å². The molecule has 2 aliphatic rings. The molecule has 1 saturated heterocycles. The fraction of sp³-hybridized carbons (Fsp3) is 0.350. The van der Waals surface area contributed by atoms with Gasteiger partial charge in [0.1, 0.15) is 0 Å². The average molecular weight is 450 g/mol. The van der Waals surface area contributed by atoms with E-state index in [9.17, 15) is 26.4 Å². The summed E-state index contributed by atoms with van der Waals surface area (Å²) in [6.07, 6.45) is -4.96. The molecule has 0 radical (unpaired) electrons. The Morgan fingerprint density at radius 1 is 1.19 bits per heavy atom. The summed E-state index contributed by atoms with van der Waals surface area (Å²) in [7, 11) is -4.57. The zero-order valence-corrected chi connectivity index (χ0v) is 17.4. The van der Waals surface area contributed by atoms with E-state index in [-0.39, 0.29) is 31.1 Å². The van der Waals surface area contributed by atoms with E-state index in [1.165, 1.54) is 4.90 Å². The van der Waals surface area contributed by atoms with Gasteiger partial charge in [0.2, 0.25) is 10.0 Å². The lowest BCUT2D eigenvalue weighted by Crippen LogP contribution is -2.58. The topological polar surface area (TPSA) is 94.4 Å². The lowest BCUT2D eigenvalue weighted by atomic mass is 9.95. The maximum atomic E-state index is 13.6. The van der Waals surface area contributed by atoms with Gasteiger partial charge < -0.3 is 4.90 Å². The molecule has 4 rings (SSSR count). The second kappa shape index (κ2) is 6.77. The lowest BCUT2D eigenvalue weighted by molar-refractivity contribution is -0.140. The maximum absolute atomic E-state index is 13.6. The number of sulfonamides is 1. The molecular formula is C20H17F3N4O3S. The highest BCUT2D eigenvalue weighted by atomic mass is 32.2. The van der Waals surface area contributed by atoms with E-state index in [1.807, 2.05) is 0 Å². The fourth-order valence-corrected chi connectivity index (χ4v) is 5.88. The molecule has 7 nitrogen and oxygen atoms in total. The van der Waals surface area contributed by atoms with Gasteiger partial charge in [-0.05, 0) is 44.2 Å². The number of aryl methyl sites for hydroxylation is 1. The van der Waals surface area contributed by atoms with Gasteiger partial charge in [0, 0.05) is 25.3 Å². The van der Waals surface area contributed by atoms with E-state index in [2.05, 4.69) is 4.98 Å². The summed E-state index contributed by atoms with van der Waals surface area (Å²) in [5.74, 6) is -0.281. The lowest BCUT2D eigenvalue weighted by Gasteiger charge is -2.44. The first-order valence-corrected chi connectivity index (χ1v) is 10.8. The molecule has 0 N–H and O–H groups in total. The van der Waals surface area contributed by atoms with Crippen molar-refractivity contribution >= 4 is 15.9 Å². The SMILES string of the molecule is Cc1ccc2c(n1)C1(C)CN(S(=O)(=O)c3ccc(C#N)cc3C(F)(F)F)CCN1C2=O. The normalized spacial score (nSPS) is 21.5. The third-order valence-corrected chi connectivity index (χ3v) is 7.61. The third-order valence-electron chi connectivity index (χ3n) is 5.71. The molecule has 162 valence electrons. The second-order valence-electron chi connectivity index (χ2n) is 7.74. The predicted octanol–water partition coefficient (Wildman–Crippen LogP) is 2.66. The number of amides is 1. The highest BCUT2D eigenvalue weighted by Crippen LogP contribution is 2.43. The van der Waals surface area contributed by atoms with Crippen molar-refractivity contribution in [2.75, 3.05) is 19.6 Å². The van der Waals surface area contributed by atoms with Gasteiger partial charge >= 0.3 is 6.18 Å². The van der Waals surface area contributed by atoms with Crippen LogP contribution in [0.15, 0.2) is 35.2 Å². The van der Waals surface area contributed by atoms with Crippen molar-refractivity contribution in [1.82, 2.24) is 14.2 Å². The van der Waals surface area contributed by atoms with E-state index in [0.29, 0.717) is 23.0 Å². The van der Waals surface area contributed by atoms with E-state index < -0.39 is 32.2 Å². The van der Waals surface area contributed by atoms with Gasteiger partial charge in [0.05, 0.1) is 38.9 Å². The number of rotatable bonds is 2. The number of pyridine rings is 1. The number of carbonyl (C=O) groups is 1. The second-order valence-corrected chi connectivity index (χ2v) is 9.64. The first-order valence-electron chi connectivity index (χ1n) is 9.31. The summed E-state index contributed by atoms with van der Waals surface area (Å²) >= 11 is 0. The molecule has 31 heavy (non-hydrogen) atoms. The predicted molar refractivity (Wildman–Crippen MR) is 102 cm³/mol. The van der Waals surface area contributed by atoms with Gasteiger partial charge in [-0.15, -0.1) is 0 Å². The highest BCUT2D eigenvalue weighted by molar-refractivity contribution is 7.89. The first-order chi connectivity index (χ1) is 14.4. The Kier molecular flexibility index (Phi) is 4.64. The van der Waals surface area contributed by atoms with Gasteiger partial charge in [0.15, 0.2) is 0 Å². The number of halogens is 3. The monoisotopic (exact) mass is 450 g/mol. The van der Waals surface area contributed by atoms with Crippen LogP contribution in [0.1, 0.15) is 39.8 Å². The van der Waals surface area contributed by atoms with Crippen LogP contribution in [0.25, 0.3) is 0 Å². The molecular weight excluding hydrogens is 433 g/mol. The van der Waals surface area contributed by atoms with Crippen molar-refractivity contribution in [3.63, 3.8) is 0 Å². The average Bonchev–Trinajstić information content (AvgIpc) is 2.93. The van der Waals surface area contributed by atoms with Crippen LogP contribution in [0.4, 0.5) is 13.2 Å². The van der Waals surface area contributed by atoms with Crippen LogP contribution in [0.2, 0.25) is 0 Å². The van der Waals surface area contributed by atoms with Crippen molar-refractivity contribution < 1.29 is 26.4 Å². The smallest absolute Gasteiger partial charge is 0.325 e. The Bertz CT molecular complexity index is 1250. The molecule has 1 amide bonds. The number of nitriles is 1. The first kappa shape index (κ1) is 21.3. The minimum atomic E-state index is -4.96. The largest absolute Gasteiger partial charge is 0.417 e. The highest BCUT2D eigenvalue weighted by Gasteiger charge is 2.53. The zero-order chi connectivity index (χ0) is 22.8. The van der Waals surface area contributed by atoms with E-state index in [0.717, 1.165) is 16.4 Å². The molecule has 2 aromatic rings. The Morgan fingerprint density at radius 2 is 1.90 bits per heavy atom. The molecule has 11 heteroatoms. The Hall–Kier alpha value is -2.97. The fourth-order valence-electron chi connectivity index (χ4n) is 4.17. The Labute approximate surface area is 176 Å². The van der Waals surface area contributed by atoms with Gasteiger partial charge in [0.25, 0.3) is 5.91 Å². The van der Waals surface area contributed by atoms with Crippen molar-refractivity contribution in [3.05, 3.63) is 58.4 Å². The number of aromatic nitrogens is 1. The molecule has 2 aliphatic heterocycles. The quantitative estimate of drug-likeness (QED) is 0.701. The van der Waals surface area contributed by atoms with Crippen LogP contribution < -0.4 is 0 Å². The molecule has 0 bridgehead atoms. The minimum absolute atomic E-state index is 0.0155. The molecule has 0 aliphatic carbocycles. The summed E-state index contributed by atoms with van der Waals surface area (Å²) in [5, 5.41) is 8.93. The number of carbonyl (C=O) groups excluding carboxylic acids is 1. The van der Waals surface area contributed by atoms with E-state index in [4.69, 9.17) is 5.26 Å².